The number of pyridine rings is 1. The fourth-order valence-electron chi connectivity index (χ4n) is 3.50. The maximum atomic E-state index is 13.0. The van der Waals surface area contributed by atoms with Crippen LogP contribution in [-0.4, -0.2) is 39.2 Å². The number of carbonyl (C=O) groups excluding carboxylic acids is 1. The van der Waals surface area contributed by atoms with E-state index in [2.05, 4.69) is 33.3 Å². The van der Waals surface area contributed by atoms with Crippen LogP contribution in [0.15, 0.2) is 48.8 Å². The molecule has 0 radical (unpaired) electrons. The summed E-state index contributed by atoms with van der Waals surface area (Å²) in [5.41, 5.74) is 3.25. The predicted molar refractivity (Wildman–Crippen MR) is 107 cm³/mol. The summed E-state index contributed by atoms with van der Waals surface area (Å²) in [6.07, 6.45) is 4.43. The summed E-state index contributed by atoms with van der Waals surface area (Å²) in [6.45, 7) is 4.54. The van der Waals surface area contributed by atoms with Gasteiger partial charge in [0.1, 0.15) is 5.75 Å². The second-order valence-corrected chi connectivity index (χ2v) is 6.80. The Kier molecular flexibility index (Phi) is 5.08. The molecule has 0 bridgehead atoms. The number of nitrogens with zero attached hydrogens (tertiary/aromatic N) is 4. The van der Waals surface area contributed by atoms with E-state index in [1.807, 2.05) is 30.3 Å². The van der Waals surface area contributed by atoms with Crippen LogP contribution in [0.25, 0.3) is 5.82 Å². The molecule has 2 aromatic heterocycles. The smallest absolute Gasteiger partial charge is 0.259 e. The van der Waals surface area contributed by atoms with Crippen molar-refractivity contribution in [1.82, 2.24) is 19.7 Å². The molecule has 0 atom stereocenters. The predicted octanol–water partition coefficient (Wildman–Crippen LogP) is 3.25. The molecule has 0 saturated heterocycles. The number of rotatable bonds is 5. The zero-order valence-corrected chi connectivity index (χ0v) is 16.1. The van der Waals surface area contributed by atoms with Crippen LogP contribution in [0.5, 0.6) is 5.75 Å². The molecular weight excluding hydrogens is 354 g/mol. The molecule has 0 fully saturated rings. The van der Waals surface area contributed by atoms with Gasteiger partial charge < -0.3 is 10.1 Å². The molecule has 4 rings (SSSR count). The minimum atomic E-state index is -0.178. The first kappa shape index (κ1) is 18.2. The van der Waals surface area contributed by atoms with Gasteiger partial charge in [-0.25, -0.2) is 9.67 Å². The van der Waals surface area contributed by atoms with E-state index in [0.717, 1.165) is 42.3 Å². The summed E-state index contributed by atoms with van der Waals surface area (Å²) in [7, 11) is 1.61. The molecule has 3 aromatic rings. The van der Waals surface area contributed by atoms with Crippen molar-refractivity contribution < 1.29 is 9.53 Å². The first-order chi connectivity index (χ1) is 13.7. The van der Waals surface area contributed by atoms with Crippen LogP contribution in [0.2, 0.25) is 0 Å². The first-order valence-electron chi connectivity index (χ1n) is 9.38. The van der Waals surface area contributed by atoms with Gasteiger partial charge in [-0.1, -0.05) is 13.0 Å². The molecule has 1 aliphatic heterocycles. The molecule has 144 valence electrons. The maximum absolute atomic E-state index is 13.0. The number of methoxy groups -OCH3 is 1. The Morgan fingerprint density at radius 1 is 1.21 bits per heavy atom. The average Bonchev–Trinajstić information content (AvgIpc) is 3.06. The van der Waals surface area contributed by atoms with Gasteiger partial charge in [0.2, 0.25) is 0 Å². The van der Waals surface area contributed by atoms with E-state index in [1.54, 1.807) is 24.2 Å². The van der Waals surface area contributed by atoms with Crippen LogP contribution in [0.1, 0.15) is 35.0 Å². The standard InChI is InChI=1S/C21H23N5O2/c1-3-11-25-13-15-5-4-10-22-20(15)26-19(14-25)18(12-23-26)21(27)24-16-6-8-17(28-2)9-7-16/h4-10,12H,3,11,13-14H2,1-2H3,(H,24,27). The van der Waals surface area contributed by atoms with Crippen LogP contribution >= 0.6 is 0 Å². The topological polar surface area (TPSA) is 72.3 Å². The summed E-state index contributed by atoms with van der Waals surface area (Å²) in [4.78, 5) is 19.8. The lowest BCUT2D eigenvalue weighted by atomic mass is 10.2. The van der Waals surface area contributed by atoms with E-state index in [-0.39, 0.29) is 5.91 Å². The molecule has 3 heterocycles. The van der Waals surface area contributed by atoms with E-state index in [1.165, 1.54) is 0 Å². The highest BCUT2D eigenvalue weighted by atomic mass is 16.5. The van der Waals surface area contributed by atoms with Crippen LogP contribution in [0.3, 0.4) is 0 Å². The molecule has 1 aliphatic rings. The Morgan fingerprint density at radius 3 is 2.79 bits per heavy atom. The van der Waals surface area contributed by atoms with Gasteiger partial charge >= 0.3 is 0 Å². The van der Waals surface area contributed by atoms with Crippen LogP contribution in [-0.2, 0) is 13.1 Å². The van der Waals surface area contributed by atoms with Crippen molar-refractivity contribution in [2.45, 2.75) is 26.4 Å². The lowest BCUT2D eigenvalue weighted by Gasteiger charge is -2.19. The fourth-order valence-corrected chi connectivity index (χ4v) is 3.50. The number of anilines is 1. The molecule has 0 unspecified atom stereocenters. The Morgan fingerprint density at radius 2 is 2.04 bits per heavy atom. The zero-order chi connectivity index (χ0) is 19.5. The molecule has 0 aliphatic carbocycles. The molecule has 28 heavy (non-hydrogen) atoms. The fraction of sp³-hybridized carbons (Fsp3) is 0.286. The van der Waals surface area contributed by atoms with Crippen LogP contribution in [0, 0.1) is 0 Å². The molecular formula is C21H23N5O2. The van der Waals surface area contributed by atoms with Crippen molar-refractivity contribution in [1.29, 1.82) is 0 Å². The number of hydrogen-bond donors (Lipinski definition) is 1. The van der Waals surface area contributed by atoms with Crippen molar-refractivity contribution in [3.63, 3.8) is 0 Å². The Balaban J connectivity index is 1.67. The zero-order valence-electron chi connectivity index (χ0n) is 16.1. The minimum Gasteiger partial charge on any atom is -0.497 e. The van der Waals surface area contributed by atoms with Gasteiger partial charge in [-0.2, -0.15) is 5.10 Å². The molecule has 0 spiro atoms. The Labute approximate surface area is 164 Å². The summed E-state index contributed by atoms with van der Waals surface area (Å²) >= 11 is 0. The van der Waals surface area contributed by atoms with Gasteiger partial charge in [0, 0.05) is 30.5 Å². The number of aromatic nitrogens is 3. The molecule has 1 N–H and O–H groups in total. The largest absolute Gasteiger partial charge is 0.497 e. The summed E-state index contributed by atoms with van der Waals surface area (Å²) in [6, 6.07) is 11.3. The van der Waals surface area contributed by atoms with Crippen LogP contribution in [0.4, 0.5) is 5.69 Å². The van der Waals surface area contributed by atoms with Crippen LogP contribution < -0.4 is 10.1 Å². The lowest BCUT2D eigenvalue weighted by Crippen LogP contribution is -2.24. The lowest BCUT2D eigenvalue weighted by molar-refractivity contribution is 0.102. The third-order valence-electron chi connectivity index (χ3n) is 4.84. The second kappa shape index (κ2) is 7.82. The van der Waals surface area contributed by atoms with Crippen molar-refractivity contribution >= 4 is 11.6 Å². The molecule has 7 heteroatoms. The highest BCUT2D eigenvalue weighted by molar-refractivity contribution is 6.05. The normalized spacial score (nSPS) is 13.4. The number of hydrogen-bond acceptors (Lipinski definition) is 5. The Hall–Kier alpha value is -3.19. The number of benzene rings is 1. The van der Waals surface area contributed by atoms with E-state index in [4.69, 9.17) is 4.74 Å². The number of amides is 1. The third kappa shape index (κ3) is 3.48. The Bertz CT molecular complexity index is 981. The van der Waals surface area contributed by atoms with E-state index >= 15 is 0 Å². The van der Waals surface area contributed by atoms with Crippen molar-refractivity contribution in [3.05, 3.63) is 65.6 Å². The number of fused-ring (bicyclic) bond motifs is 3. The van der Waals surface area contributed by atoms with Gasteiger partial charge in [-0.3, -0.25) is 9.69 Å². The quantitative estimate of drug-likeness (QED) is 0.739. The highest BCUT2D eigenvalue weighted by Crippen LogP contribution is 2.25. The maximum Gasteiger partial charge on any atom is 0.259 e. The van der Waals surface area contributed by atoms with Crippen molar-refractivity contribution in [2.24, 2.45) is 0 Å². The summed E-state index contributed by atoms with van der Waals surface area (Å²) < 4.78 is 6.96. The second-order valence-electron chi connectivity index (χ2n) is 6.80. The first-order valence-corrected chi connectivity index (χ1v) is 9.38. The van der Waals surface area contributed by atoms with E-state index in [0.29, 0.717) is 17.8 Å². The van der Waals surface area contributed by atoms with Gasteiger partial charge in [0.05, 0.1) is 24.6 Å². The number of nitrogens with one attached hydrogen (secondary N) is 1. The molecule has 7 nitrogen and oxygen atoms in total. The average molecular weight is 377 g/mol. The molecule has 1 aromatic carbocycles. The number of ether oxygens (including phenoxy) is 1. The van der Waals surface area contributed by atoms with Gasteiger partial charge in [0.15, 0.2) is 5.82 Å². The van der Waals surface area contributed by atoms with Gasteiger partial charge in [-0.15, -0.1) is 0 Å². The van der Waals surface area contributed by atoms with Gasteiger partial charge in [0.25, 0.3) is 5.91 Å². The minimum absolute atomic E-state index is 0.178. The molecule has 1 amide bonds. The summed E-state index contributed by atoms with van der Waals surface area (Å²) in [5, 5.41) is 7.44. The SMILES string of the molecule is CCCN1Cc2cccnc2-n2ncc(C(=O)Nc3ccc(OC)cc3)c2C1. The monoisotopic (exact) mass is 377 g/mol. The van der Waals surface area contributed by atoms with Gasteiger partial charge in [-0.05, 0) is 43.3 Å². The molecule has 0 saturated carbocycles. The highest BCUT2D eigenvalue weighted by Gasteiger charge is 2.26. The number of carbonyl (C=O) groups is 1. The summed E-state index contributed by atoms with van der Waals surface area (Å²) in [5.74, 6) is 1.36. The van der Waals surface area contributed by atoms with Crippen molar-refractivity contribution in [2.75, 3.05) is 19.0 Å². The van der Waals surface area contributed by atoms with E-state index < -0.39 is 0 Å². The van der Waals surface area contributed by atoms with Crippen molar-refractivity contribution in [3.8, 4) is 11.6 Å². The van der Waals surface area contributed by atoms with E-state index in [9.17, 15) is 4.79 Å². The third-order valence-corrected chi connectivity index (χ3v) is 4.84.